The molecule has 9 heteroatoms. The Morgan fingerprint density at radius 1 is 1.18 bits per heavy atom. The third-order valence-corrected chi connectivity index (χ3v) is 6.54. The maximum atomic E-state index is 14.5. The molecule has 0 atom stereocenters. The number of carbonyl (C=O) groups excluding carboxylic acids is 2. The summed E-state index contributed by atoms with van der Waals surface area (Å²) in [6.45, 7) is 2.27. The van der Waals surface area contributed by atoms with Crippen LogP contribution < -0.4 is 4.74 Å². The van der Waals surface area contributed by atoms with E-state index >= 15 is 0 Å². The standard InChI is InChI=1S/C25H25BrF2N2O4/c1-17-3-5-18(6-4-17)14-24(16-29)9-11-30(12-10-24)22(31)15-34-21-8-7-19(26)13-20(21)25(27,28)23(32)33-2/h3-8,13H,9-12,14-15H2,1-2H3. The first-order valence-electron chi connectivity index (χ1n) is 10.7. The number of nitriles is 1. The van der Waals surface area contributed by atoms with Gasteiger partial charge in [0.2, 0.25) is 0 Å². The van der Waals surface area contributed by atoms with Gasteiger partial charge in [0.05, 0.1) is 24.2 Å². The van der Waals surface area contributed by atoms with Gasteiger partial charge in [-0.1, -0.05) is 45.8 Å². The number of hydrogen-bond donors (Lipinski definition) is 0. The number of piperidine rings is 1. The zero-order chi connectivity index (χ0) is 24.9. The third kappa shape index (κ3) is 5.73. The van der Waals surface area contributed by atoms with Crippen molar-refractivity contribution in [1.29, 1.82) is 5.26 Å². The van der Waals surface area contributed by atoms with Gasteiger partial charge < -0.3 is 14.4 Å². The second-order valence-corrected chi connectivity index (χ2v) is 9.35. The van der Waals surface area contributed by atoms with Crippen LogP contribution in [0.3, 0.4) is 0 Å². The molecule has 0 unspecified atom stereocenters. The van der Waals surface area contributed by atoms with Gasteiger partial charge in [-0.25, -0.2) is 4.79 Å². The second kappa shape index (κ2) is 10.5. The molecule has 1 heterocycles. The van der Waals surface area contributed by atoms with Gasteiger partial charge in [0.25, 0.3) is 5.91 Å². The maximum absolute atomic E-state index is 14.5. The molecule has 0 aliphatic carbocycles. The summed E-state index contributed by atoms with van der Waals surface area (Å²) in [5.41, 5.74) is 0.966. The summed E-state index contributed by atoms with van der Waals surface area (Å²) in [6, 6.07) is 14.3. The molecule has 1 amide bonds. The van der Waals surface area contributed by atoms with Gasteiger partial charge in [-0.2, -0.15) is 14.0 Å². The van der Waals surface area contributed by atoms with E-state index < -0.39 is 29.5 Å². The minimum Gasteiger partial charge on any atom is -0.483 e. The number of aryl methyl sites for hydroxylation is 1. The second-order valence-electron chi connectivity index (χ2n) is 8.43. The van der Waals surface area contributed by atoms with Crippen LogP contribution in [0.25, 0.3) is 0 Å². The lowest BCUT2D eigenvalue weighted by atomic mass is 9.75. The van der Waals surface area contributed by atoms with Gasteiger partial charge >= 0.3 is 11.9 Å². The average Bonchev–Trinajstić information content (AvgIpc) is 2.84. The lowest BCUT2D eigenvalue weighted by Crippen LogP contribution is -2.45. The average molecular weight is 535 g/mol. The fraction of sp³-hybridized carbons (Fsp3) is 0.400. The topological polar surface area (TPSA) is 79.6 Å². The van der Waals surface area contributed by atoms with E-state index in [-0.39, 0.29) is 11.7 Å². The van der Waals surface area contributed by atoms with Crippen molar-refractivity contribution in [2.75, 3.05) is 26.8 Å². The minimum absolute atomic E-state index is 0.283. The molecule has 0 saturated carbocycles. The molecule has 6 nitrogen and oxygen atoms in total. The van der Waals surface area contributed by atoms with Crippen molar-refractivity contribution in [3.05, 3.63) is 63.6 Å². The summed E-state index contributed by atoms with van der Waals surface area (Å²) in [7, 11) is 0.870. The first-order chi connectivity index (χ1) is 16.1. The number of benzene rings is 2. The van der Waals surface area contributed by atoms with E-state index in [1.165, 1.54) is 12.1 Å². The van der Waals surface area contributed by atoms with E-state index in [4.69, 9.17) is 4.74 Å². The Hall–Kier alpha value is -2.99. The number of rotatable bonds is 7. The van der Waals surface area contributed by atoms with Crippen LogP contribution >= 0.6 is 15.9 Å². The molecule has 3 rings (SSSR count). The van der Waals surface area contributed by atoms with Crippen LogP contribution in [-0.2, 0) is 26.7 Å². The lowest BCUT2D eigenvalue weighted by molar-refractivity contribution is -0.170. The molecule has 0 aromatic heterocycles. The minimum atomic E-state index is -3.94. The molecule has 0 bridgehead atoms. The van der Waals surface area contributed by atoms with E-state index in [0.29, 0.717) is 36.8 Å². The molecule has 2 aromatic carbocycles. The van der Waals surface area contributed by atoms with Crippen LogP contribution in [-0.4, -0.2) is 43.6 Å². The molecule has 34 heavy (non-hydrogen) atoms. The van der Waals surface area contributed by atoms with E-state index in [0.717, 1.165) is 24.3 Å². The number of likely N-dealkylation sites (tertiary alicyclic amines) is 1. The Morgan fingerprint density at radius 3 is 2.41 bits per heavy atom. The van der Waals surface area contributed by atoms with Gasteiger partial charge in [0, 0.05) is 17.6 Å². The van der Waals surface area contributed by atoms with Crippen molar-refractivity contribution in [1.82, 2.24) is 4.90 Å². The monoisotopic (exact) mass is 534 g/mol. The fourth-order valence-corrected chi connectivity index (χ4v) is 4.31. The zero-order valence-electron chi connectivity index (χ0n) is 18.9. The van der Waals surface area contributed by atoms with E-state index in [1.54, 1.807) is 4.90 Å². The molecule has 0 N–H and O–H groups in total. The summed E-state index contributed by atoms with van der Waals surface area (Å²) < 4.78 is 38.9. The van der Waals surface area contributed by atoms with Crippen molar-refractivity contribution < 1.29 is 27.8 Å². The van der Waals surface area contributed by atoms with Crippen molar-refractivity contribution >= 4 is 27.8 Å². The number of hydrogen-bond acceptors (Lipinski definition) is 5. The van der Waals surface area contributed by atoms with Crippen molar-refractivity contribution in [2.45, 2.75) is 32.1 Å². The van der Waals surface area contributed by atoms with Crippen LogP contribution in [0, 0.1) is 23.7 Å². The van der Waals surface area contributed by atoms with E-state index in [2.05, 4.69) is 26.7 Å². The third-order valence-electron chi connectivity index (χ3n) is 6.05. The van der Waals surface area contributed by atoms with Gasteiger partial charge in [0.1, 0.15) is 5.75 Å². The fourth-order valence-electron chi connectivity index (χ4n) is 3.95. The van der Waals surface area contributed by atoms with Gasteiger partial charge in [-0.05, 0) is 49.9 Å². The van der Waals surface area contributed by atoms with Crippen LogP contribution in [0.15, 0.2) is 46.9 Å². The quantitative estimate of drug-likeness (QED) is 0.477. The first kappa shape index (κ1) is 25.6. The summed E-state index contributed by atoms with van der Waals surface area (Å²) in [4.78, 5) is 25.9. The smallest absolute Gasteiger partial charge is 0.381 e. The normalized spacial score (nSPS) is 15.4. The lowest BCUT2D eigenvalue weighted by Gasteiger charge is -2.37. The highest BCUT2D eigenvalue weighted by Gasteiger charge is 2.45. The SMILES string of the molecule is COC(=O)C(F)(F)c1cc(Br)ccc1OCC(=O)N1CCC(C#N)(Cc2ccc(C)cc2)CC1. The van der Waals surface area contributed by atoms with Crippen molar-refractivity contribution in [3.63, 3.8) is 0 Å². The molecule has 2 aromatic rings. The molecular formula is C25H25BrF2N2O4. The Bertz CT molecular complexity index is 1090. The van der Waals surface area contributed by atoms with Crippen LogP contribution in [0.1, 0.15) is 29.5 Å². The molecule has 1 saturated heterocycles. The number of amides is 1. The molecule has 0 radical (unpaired) electrons. The Labute approximate surface area is 205 Å². The molecule has 180 valence electrons. The van der Waals surface area contributed by atoms with E-state index in [9.17, 15) is 23.6 Å². The predicted octanol–water partition coefficient (Wildman–Crippen LogP) is 4.78. The largest absolute Gasteiger partial charge is 0.483 e. The molecule has 1 aliphatic rings. The van der Waals surface area contributed by atoms with Gasteiger partial charge in [-0.15, -0.1) is 0 Å². The van der Waals surface area contributed by atoms with Crippen LogP contribution in [0.4, 0.5) is 8.78 Å². The zero-order valence-corrected chi connectivity index (χ0v) is 20.5. The number of carbonyl (C=O) groups is 2. The number of alkyl halides is 2. The van der Waals surface area contributed by atoms with Gasteiger partial charge in [-0.3, -0.25) is 4.79 Å². The highest BCUT2D eigenvalue weighted by Crippen LogP contribution is 2.38. The Kier molecular flexibility index (Phi) is 7.93. The maximum Gasteiger partial charge on any atom is 0.381 e. The van der Waals surface area contributed by atoms with Crippen molar-refractivity contribution in [2.24, 2.45) is 5.41 Å². The number of esters is 1. The Morgan fingerprint density at radius 2 is 1.82 bits per heavy atom. The van der Waals surface area contributed by atoms with Crippen molar-refractivity contribution in [3.8, 4) is 11.8 Å². The summed E-state index contributed by atoms with van der Waals surface area (Å²) in [5, 5.41) is 9.84. The molecule has 1 aliphatic heterocycles. The van der Waals surface area contributed by atoms with E-state index in [1.807, 2.05) is 31.2 Å². The number of halogens is 3. The molecule has 1 fully saturated rings. The highest BCUT2D eigenvalue weighted by atomic mass is 79.9. The highest BCUT2D eigenvalue weighted by molar-refractivity contribution is 9.10. The predicted molar refractivity (Wildman–Crippen MR) is 124 cm³/mol. The number of methoxy groups -OCH3 is 1. The van der Waals surface area contributed by atoms with Crippen LogP contribution in [0.5, 0.6) is 5.75 Å². The first-order valence-corrected chi connectivity index (χ1v) is 11.5. The number of ether oxygens (including phenoxy) is 2. The molecule has 0 spiro atoms. The van der Waals surface area contributed by atoms with Gasteiger partial charge in [0.15, 0.2) is 6.61 Å². The summed E-state index contributed by atoms with van der Waals surface area (Å²) >= 11 is 3.10. The Balaban J connectivity index is 1.63. The van der Waals surface area contributed by atoms with Crippen LogP contribution in [0.2, 0.25) is 0 Å². The summed E-state index contributed by atoms with van der Waals surface area (Å²) in [5.74, 6) is -6.32. The molecular weight excluding hydrogens is 510 g/mol. The summed E-state index contributed by atoms with van der Waals surface area (Å²) in [6.07, 6.45) is 1.62. The number of nitrogens with zero attached hydrogens (tertiary/aromatic N) is 2.